The summed E-state index contributed by atoms with van der Waals surface area (Å²) < 4.78 is 6.28. The molecule has 0 radical (unpaired) electrons. The van der Waals surface area contributed by atoms with E-state index in [-0.39, 0.29) is 6.10 Å². The van der Waals surface area contributed by atoms with Gasteiger partial charge >= 0.3 is 0 Å². The van der Waals surface area contributed by atoms with E-state index >= 15 is 0 Å². The Kier molecular flexibility index (Phi) is 3.64. The van der Waals surface area contributed by atoms with Crippen LogP contribution in [0.4, 0.5) is 11.4 Å². The monoisotopic (exact) mass is 312 g/mol. The topological polar surface area (TPSA) is 36.3 Å². The summed E-state index contributed by atoms with van der Waals surface area (Å²) in [6, 6.07) is 25.8. The Morgan fingerprint density at radius 2 is 1.50 bits per heavy atom. The van der Waals surface area contributed by atoms with E-state index in [9.17, 15) is 5.26 Å². The lowest BCUT2D eigenvalue weighted by Gasteiger charge is -2.21. The zero-order valence-corrected chi connectivity index (χ0v) is 13.1. The van der Waals surface area contributed by atoms with Gasteiger partial charge in [0, 0.05) is 12.0 Å². The molecule has 116 valence electrons. The van der Waals surface area contributed by atoms with E-state index in [1.54, 1.807) is 4.90 Å². The van der Waals surface area contributed by atoms with Crippen molar-refractivity contribution in [2.24, 2.45) is 0 Å². The van der Waals surface area contributed by atoms with Gasteiger partial charge in [-0.25, -0.2) is 4.90 Å². The fourth-order valence-electron chi connectivity index (χ4n) is 3.18. The molecule has 0 spiro atoms. The number of hydrogen-bond acceptors (Lipinski definition) is 3. The standard InChI is InChI=1S/C21H16N2O/c22-15-23-19-12-6-4-8-16(19)14-21(18-11-5-7-13-20(18)23)24-17-9-2-1-3-10-17/h1-13,21H,14H2. The molecule has 0 aliphatic carbocycles. The second kappa shape index (κ2) is 6.10. The largest absolute Gasteiger partial charge is 0.485 e. The molecule has 24 heavy (non-hydrogen) atoms. The quantitative estimate of drug-likeness (QED) is 0.626. The molecular formula is C21H16N2O. The highest BCUT2D eigenvalue weighted by molar-refractivity contribution is 5.74. The van der Waals surface area contributed by atoms with Crippen molar-refractivity contribution in [3.63, 3.8) is 0 Å². The number of benzene rings is 3. The van der Waals surface area contributed by atoms with Crippen molar-refractivity contribution in [2.45, 2.75) is 12.5 Å². The Balaban J connectivity index is 1.85. The Bertz CT molecular complexity index is 899. The molecule has 3 aromatic rings. The Labute approximate surface area is 141 Å². The summed E-state index contributed by atoms with van der Waals surface area (Å²) in [6.45, 7) is 0. The first-order chi connectivity index (χ1) is 11.9. The highest BCUT2D eigenvalue weighted by Gasteiger charge is 2.27. The average Bonchev–Trinajstić information content (AvgIpc) is 2.77. The van der Waals surface area contributed by atoms with Crippen LogP contribution >= 0.6 is 0 Å². The fraction of sp³-hybridized carbons (Fsp3) is 0.0952. The van der Waals surface area contributed by atoms with Gasteiger partial charge < -0.3 is 4.74 Å². The molecule has 4 rings (SSSR count). The first-order valence-corrected chi connectivity index (χ1v) is 7.95. The Morgan fingerprint density at radius 1 is 0.833 bits per heavy atom. The smallest absolute Gasteiger partial charge is 0.189 e. The number of nitriles is 1. The lowest BCUT2D eigenvalue weighted by atomic mass is 10.0. The second-order valence-corrected chi connectivity index (χ2v) is 5.75. The van der Waals surface area contributed by atoms with E-state index in [0.717, 1.165) is 34.7 Å². The molecule has 1 unspecified atom stereocenters. The van der Waals surface area contributed by atoms with Crippen molar-refractivity contribution in [3.05, 3.63) is 90.0 Å². The van der Waals surface area contributed by atoms with Crippen LogP contribution in [0.15, 0.2) is 78.9 Å². The van der Waals surface area contributed by atoms with E-state index in [1.165, 1.54) is 0 Å². The SMILES string of the molecule is N#CN1c2ccccc2CC(Oc2ccccc2)c2ccccc21. The van der Waals surface area contributed by atoms with Crippen molar-refractivity contribution >= 4 is 11.4 Å². The summed E-state index contributed by atoms with van der Waals surface area (Å²) in [7, 11) is 0. The molecule has 3 heteroatoms. The van der Waals surface area contributed by atoms with Gasteiger partial charge in [0.15, 0.2) is 6.19 Å². The van der Waals surface area contributed by atoms with Gasteiger partial charge in [0.25, 0.3) is 0 Å². The van der Waals surface area contributed by atoms with Crippen molar-refractivity contribution in [1.29, 1.82) is 5.26 Å². The molecule has 1 aliphatic rings. The van der Waals surface area contributed by atoms with Gasteiger partial charge in [-0.05, 0) is 29.8 Å². The van der Waals surface area contributed by atoms with Crippen LogP contribution in [0.3, 0.4) is 0 Å². The Hall–Kier alpha value is -3.25. The maximum Gasteiger partial charge on any atom is 0.189 e. The van der Waals surface area contributed by atoms with E-state index in [4.69, 9.17) is 4.74 Å². The van der Waals surface area contributed by atoms with Gasteiger partial charge in [0.1, 0.15) is 11.9 Å². The number of para-hydroxylation sites is 3. The van der Waals surface area contributed by atoms with E-state index in [0.29, 0.717) is 0 Å². The van der Waals surface area contributed by atoms with Gasteiger partial charge in [0.2, 0.25) is 0 Å². The summed E-state index contributed by atoms with van der Waals surface area (Å²) in [6.07, 6.45) is 2.90. The first kappa shape index (κ1) is 14.3. The zero-order valence-electron chi connectivity index (χ0n) is 13.1. The number of nitrogens with zero attached hydrogens (tertiary/aromatic N) is 2. The van der Waals surface area contributed by atoms with Crippen LogP contribution in [-0.4, -0.2) is 0 Å². The molecule has 0 fully saturated rings. The number of fused-ring (bicyclic) bond motifs is 2. The minimum atomic E-state index is -0.136. The highest BCUT2D eigenvalue weighted by Crippen LogP contribution is 2.41. The number of anilines is 2. The van der Waals surface area contributed by atoms with Crippen LogP contribution in [0.5, 0.6) is 5.75 Å². The van der Waals surface area contributed by atoms with Gasteiger partial charge in [0.05, 0.1) is 11.4 Å². The lowest BCUT2D eigenvalue weighted by Crippen LogP contribution is -2.12. The van der Waals surface area contributed by atoms with Crippen LogP contribution < -0.4 is 9.64 Å². The minimum Gasteiger partial charge on any atom is -0.485 e. The van der Waals surface area contributed by atoms with Crippen molar-refractivity contribution in [2.75, 3.05) is 4.90 Å². The maximum absolute atomic E-state index is 9.72. The normalized spacial score (nSPS) is 15.6. The molecule has 0 aromatic heterocycles. The van der Waals surface area contributed by atoms with Crippen molar-refractivity contribution in [1.82, 2.24) is 0 Å². The van der Waals surface area contributed by atoms with Crippen molar-refractivity contribution < 1.29 is 4.74 Å². The summed E-state index contributed by atoms with van der Waals surface area (Å²) in [4.78, 5) is 1.69. The van der Waals surface area contributed by atoms with E-state index < -0.39 is 0 Å². The molecule has 1 atom stereocenters. The van der Waals surface area contributed by atoms with Crippen LogP contribution in [0.25, 0.3) is 0 Å². The fourth-order valence-corrected chi connectivity index (χ4v) is 3.18. The minimum absolute atomic E-state index is 0.136. The highest BCUT2D eigenvalue weighted by atomic mass is 16.5. The van der Waals surface area contributed by atoms with Gasteiger partial charge in [-0.3, -0.25) is 0 Å². The summed E-state index contributed by atoms with van der Waals surface area (Å²) in [5.41, 5.74) is 3.94. The van der Waals surface area contributed by atoms with Crippen LogP contribution in [0.2, 0.25) is 0 Å². The van der Waals surface area contributed by atoms with Crippen LogP contribution in [-0.2, 0) is 6.42 Å². The average molecular weight is 312 g/mol. The predicted octanol–water partition coefficient (Wildman–Crippen LogP) is 4.98. The van der Waals surface area contributed by atoms with Crippen molar-refractivity contribution in [3.8, 4) is 11.9 Å². The lowest BCUT2D eigenvalue weighted by molar-refractivity contribution is 0.207. The molecular weight excluding hydrogens is 296 g/mol. The maximum atomic E-state index is 9.72. The number of ether oxygens (including phenoxy) is 1. The molecule has 0 saturated heterocycles. The predicted molar refractivity (Wildman–Crippen MR) is 94.2 cm³/mol. The second-order valence-electron chi connectivity index (χ2n) is 5.75. The van der Waals surface area contributed by atoms with Gasteiger partial charge in [-0.2, -0.15) is 5.26 Å². The van der Waals surface area contributed by atoms with Crippen LogP contribution in [0.1, 0.15) is 17.2 Å². The van der Waals surface area contributed by atoms with Crippen LogP contribution in [0, 0.1) is 11.5 Å². The van der Waals surface area contributed by atoms with E-state index in [2.05, 4.69) is 12.3 Å². The third-order valence-electron chi connectivity index (χ3n) is 4.28. The third kappa shape index (κ3) is 2.49. The van der Waals surface area contributed by atoms with E-state index in [1.807, 2.05) is 72.8 Å². The summed E-state index contributed by atoms with van der Waals surface area (Å²) in [5.74, 6) is 0.834. The Morgan fingerprint density at radius 3 is 2.29 bits per heavy atom. The summed E-state index contributed by atoms with van der Waals surface area (Å²) in [5, 5.41) is 9.72. The first-order valence-electron chi connectivity index (χ1n) is 7.95. The molecule has 1 heterocycles. The molecule has 0 saturated carbocycles. The van der Waals surface area contributed by atoms with Gasteiger partial charge in [-0.15, -0.1) is 0 Å². The molecule has 3 aromatic carbocycles. The number of hydrogen-bond donors (Lipinski definition) is 0. The zero-order chi connectivity index (χ0) is 16.4. The molecule has 3 nitrogen and oxygen atoms in total. The summed E-state index contributed by atoms with van der Waals surface area (Å²) >= 11 is 0. The molecule has 0 bridgehead atoms. The van der Waals surface area contributed by atoms with Gasteiger partial charge in [-0.1, -0.05) is 54.6 Å². The molecule has 0 N–H and O–H groups in total. The molecule has 0 amide bonds. The number of rotatable bonds is 2. The molecule has 1 aliphatic heterocycles. The third-order valence-corrected chi connectivity index (χ3v) is 4.28.